The Labute approximate surface area is 139 Å². The van der Waals surface area contributed by atoms with Gasteiger partial charge in [-0.15, -0.1) is 12.4 Å². The summed E-state index contributed by atoms with van der Waals surface area (Å²) in [5.74, 6) is 1.26. The molecular formula is C15H19BrClN3O. The van der Waals surface area contributed by atoms with Gasteiger partial charge in [-0.3, -0.25) is 0 Å². The van der Waals surface area contributed by atoms with Gasteiger partial charge >= 0.3 is 0 Å². The maximum atomic E-state index is 6.25. The Kier molecular flexibility index (Phi) is 4.47. The average molecular weight is 373 g/mol. The Bertz CT molecular complexity index is 620. The Hall–Kier alpha value is -0.910. The molecule has 114 valence electrons. The van der Waals surface area contributed by atoms with Crippen LogP contribution in [0.2, 0.25) is 0 Å². The summed E-state index contributed by atoms with van der Waals surface area (Å²) in [6.07, 6.45) is 3.01. The zero-order valence-electron chi connectivity index (χ0n) is 12.1. The number of halogens is 2. The van der Waals surface area contributed by atoms with E-state index in [2.05, 4.69) is 52.1 Å². The molecule has 0 unspecified atom stereocenters. The topological polar surface area (TPSA) is 64.9 Å². The van der Waals surface area contributed by atoms with Gasteiger partial charge in [-0.25, -0.2) is 0 Å². The highest BCUT2D eigenvalue weighted by Crippen LogP contribution is 2.38. The van der Waals surface area contributed by atoms with Gasteiger partial charge < -0.3 is 10.3 Å². The van der Waals surface area contributed by atoms with Crippen LogP contribution < -0.4 is 5.73 Å². The smallest absolute Gasteiger partial charge is 0.236 e. The third-order valence-electron chi connectivity index (χ3n) is 4.22. The molecule has 0 atom stereocenters. The monoisotopic (exact) mass is 371 g/mol. The van der Waals surface area contributed by atoms with E-state index in [0.717, 1.165) is 29.3 Å². The SMILES string of the molecule is CC(C)(c1ccc(Br)cc1)c1nc(C2(N)CCC2)no1.Cl. The summed E-state index contributed by atoms with van der Waals surface area (Å²) in [4.78, 5) is 4.56. The number of rotatable bonds is 3. The lowest BCUT2D eigenvalue weighted by atomic mass is 9.77. The van der Waals surface area contributed by atoms with Crippen molar-refractivity contribution in [3.63, 3.8) is 0 Å². The fourth-order valence-electron chi connectivity index (χ4n) is 2.45. The lowest BCUT2D eigenvalue weighted by Gasteiger charge is -2.34. The second-order valence-electron chi connectivity index (χ2n) is 6.06. The molecule has 1 aromatic carbocycles. The molecule has 0 amide bonds. The molecule has 0 bridgehead atoms. The first-order valence-electron chi connectivity index (χ1n) is 6.81. The van der Waals surface area contributed by atoms with Crippen LogP contribution in [0.4, 0.5) is 0 Å². The van der Waals surface area contributed by atoms with Crippen LogP contribution in [0.5, 0.6) is 0 Å². The Morgan fingerprint density at radius 2 is 1.86 bits per heavy atom. The fourth-order valence-corrected chi connectivity index (χ4v) is 2.72. The van der Waals surface area contributed by atoms with E-state index in [1.807, 2.05) is 12.1 Å². The van der Waals surface area contributed by atoms with Gasteiger partial charge in [0.1, 0.15) is 0 Å². The van der Waals surface area contributed by atoms with Gasteiger partial charge in [0.25, 0.3) is 0 Å². The van der Waals surface area contributed by atoms with Gasteiger partial charge in [-0.1, -0.05) is 33.2 Å². The van der Waals surface area contributed by atoms with Crippen LogP contribution in [0.25, 0.3) is 0 Å². The number of nitrogens with two attached hydrogens (primary N) is 1. The molecule has 2 N–H and O–H groups in total. The molecule has 1 saturated carbocycles. The van der Waals surface area contributed by atoms with Crippen LogP contribution in [0.1, 0.15) is 50.4 Å². The van der Waals surface area contributed by atoms with Crippen molar-refractivity contribution in [1.29, 1.82) is 0 Å². The van der Waals surface area contributed by atoms with Gasteiger partial charge in [0.05, 0.1) is 11.0 Å². The Morgan fingerprint density at radius 1 is 1.24 bits per heavy atom. The van der Waals surface area contributed by atoms with Crippen molar-refractivity contribution in [2.75, 3.05) is 0 Å². The first kappa shape index (κ1) is 16.5. The number of hydrogen-bond donors (Lipinski definition) is 1. The van der Waals surface area contributed by atoms with Crippen LogP contribution in [0.15, 0.2) is 33.3 Å². The number of benzene rings is 1. The standard InChI is InChI=1S/C15H18BrN3O.ClH/c1-14(2,10-4-6-11(16)7-5-10)13-18-12(19-20-13)15(17)8-3-9-15;/h4-7H,3,8-9,17H2,1-2H3;1H. The van der Waals surface area contributed by atoms with Crippen molar-refractivity contribution in [2.45, 2.75) is 44.1 Å². The normalized spacial score (nSPS) is 17.0. The highest BCUT2D eigenvalue weighted by atomic mass is 79.9. The van der Waals surface area contributed by atoms with Gasteiger partial charge in [-0.2, -0.15) is 4.98 Å². The van der Waals surface area contributed by atoms with Crippen LogP contribution in [0.3, 0.4) is 0 Å². The summed E-state index contributed by atoms with van der Waals surface area (Å²) in [6.45, 7) is 4.16. The first-order chi connectivity index (χ1) is 9.42. The van der Waals surface area contributed by atoms with E-state index >= 15 is 0 Å². The van der Waals surface area contributed by atoms with Crippen LogP contribution >= 0.6 is 28.3 Å². The zero-order valence-corrected chi connectivity index (χ0v) is 14.5. The van der Waals surface area contributed by atoms with E-state index in [0.29, 0.717) is 11.7 Å². The third kappa shape index (κ3) is 2.87. The summed E-state index contributed by atoms with van der Waals surface area (Å²) < 4.78 is 6.54. The lowest BCUT2D eigenvalue weighted by molar-refractivity contribution is 0.228. The molecule has 1 heterocycles. The summed E-state index contributed by atoms with van der Waals surface area (Å²) in [5, 5.41) is 4.10. The second-order valence-corrected chi connectivity index (χ2v) is 6.98. The third-order valence-corrected chi connectivity index (χ3v) is 4.75. The molecule has 3 rings (SSSR count). The van der Waals surface area contributed by atoms with Crippen LogP contribution in [0, 0.1) is 0 Å². The predicted octanol–water partition coefficient (Wildman–Crippen LogP) is 3.92. The summed E-state index contributed by atoms with van der Waals surface area (Å²) in [5.41, 5.74) is 6.68. The lowest BCUT2D eigenvalue weighted by Crippen LogP contribution is -2.44. The van der Waals surface area contributed by atoms with E-state index in [9.17, 15) is 0 Å². The van der Waals surface area contributed by atoms with Gasteiger partial charge in [0, 0.05) is 4.47 Å². The predicted molar refractivity (Wildman–Crippen MR) is 87.5 cm³/mol. The van der Waals surface area contributed by atoms with Gasteiger partial charge in [0.2, 0.25) is 5.89 Å². The Morgan fingerprint density at radius 3 is 2.38 bits per heavy atom. The largest absolute Gasteiger partial charge is 0.338 e. The van der Waals surface area contributed by atoms with Crippen molar-refractivity contribution in [2.24, 2.45) is 5.73 Å². The molecule has 1 aromatic heterocycles. The Balaban J connectivity index is 0.00000161. The van der Waals surface area contributed by atoms with Gasteiger partial charge in [0.15, 0.2) is 5.82 Å². The number of nitrogens with zero attached hydrogens (tertiary/aromatic N) is 2. The highest BCUT2D eigenvalue weighted by Gasteiger charge is 2.40. The molecule has 2 aromatic rings. The molecule has 1 aliphatic carbocycles. The van der Waals surface area contributed by atoms with E-state index in [4.69, 9.17) is 10.3 Å². The molecular weight excluding hydrogens is 354 g/mol. The minimum Gasteiger partial charge on any atom is -0.338 e. The molecule has 0 spiro atoms. The minimum atomic E-state index is -0.377. The molecule has 0 saturated heterocycles. The van der Waals surface area contributed by atoms with E-state index in [1.54, 1.807) is 0 Å². The van der Waals surface area contributed by atoms with Crippen LogP contribution in [-0.2, 0) is 11.0 Å². The van der Waals surface area contributed by atoms with Crippen molar-refractivity contribution in [3.8, 4) is 0 Å². The molecule has 1 aliphatic rings. The molecule has 21 heavy (non-hydrogen) atoms. The highest BCUT2D eigenvalue weighted by molar-refractivity contribution is 9.10. The maximum Gasteiger partial charge on any atom is 0.236 e. The number of hydrogen-bond acceptors (Lipinski definition) is 4. The molecule has 0 radical (unpaired) electrons. The molecule has 1 fully saturated rings. The minimum absolute atomic E-state index is 0. The van der Waals surface area contributed by atoms with Crippen molar-refractivity contribution >= 4 is 28.3 Å². The van der Waals surface area contributed by atoms with Crippen molar-refractivity contribution in [1.82, 2.24) is 10.1 Å². The average Bonchev–Trinajstić information content (AvgIpc) is 2.87. The fraction of sp³-hybridized carbons (Fsp3) is 0.467. The van der Waals surface area contributed by atoms with E-state index < -0.39 is 0 Å². The maximum absolute atomic E-state index is 6.25. The van der Waals surface area contributed by atoms with E-state index in [-0.39, 0.29) is 23.4 Å². The first-order valence-corrected chi connectivity index (χ1v) is 7.61. The molecule has 4 nitrogen and oxygen atoms in total. The summed E-state index contributed by atoms with van der Waals surface area (Å²) >= 11 is 3.45. The summed E-state index contributed by atoms with van der Waals surface area (Å²) in [7, 11) is 0. The zero-order chi connectivity index (χ0) is 14.4. The van der Waals surface area contributed by atoms with Crippen molar-refractivity contribution < 1.29 is 4.52 Å². The van der Waals surface area contributed by atoms with E-state index in [1.165, 1.54) is 0 Å². The molecule has 0 aliphatic heterocycles. The summed E-state index contributed by atoms with van der Waals surface area (Å²) in [6, 6.07) is 8.17. The quantitative estimate of drug-likeness (QED) is 0.887. The molecule has 6 heteroatoms. The van der Waals surface area contributed by atoms with Crippen molar-refractivity contribution in [3.05, 3.63) is 46.0 Å². The second kappa shape index (κ2) is 5.71. The number of aromatic nitrogens is 2. The van der Waals surface area contributed by atoms with Gasteiger partial charge in [-0.05, 0) is 50.8 Å². The van der Waals surface area contributed by atoms with Crippen LogP contribution in [-0.4, -0.2) is 10.1 Å².